The average Bonchev–Trinajstić information content (AvgIpc) is 3.04. The Morgan fingerprint density at radius 1 is 1.30 bits per heavy atom. The van der Waals surface area contributed by atoms with Crippen LogP contribution in [0.5, 0.6) is 0 Å². The molecule has 1 aromatic heterocycles. The van der Waals surface area contributed by atoms with Gasteiger partial charge in [0.05, 0.1) is 6.61 Å². The topological polar surface area (TPSA) is 54.7 Å². The number of carboxylic acids is 1. The van der Waals surface area contributed by atoms with Gasteiger partial charge in [-0.2, -0.15) is 0 Å². The van der Waals surface area contributed by atoms with Crippen molar-refractivity contribution in [1.29, 1.82) is 0 Å². The number of fused-ring (bicyclic) bond motifs is 2. The molecule has 124 valence electrons. The number of nitrogens with zero attached hydrogens (tertiary/aromatic N) is 2. The second-order valence-electron chi connectivity index (χ2n) is 6.20. The Kier molecular flexibility index (Phi) is 4.68. The van der Waals surface area contributed by atoms with Crippen molar-refractivity contribution in [1.82, 2.24) is 9.47 Å². The molecule has 0 saturated heterocycles. The number of carboxylic acid groups (broad SMARTS) is 1. The normalized spacial score (nSPS) is 14.5. The Labute approximate surface area is 136 Å². The largest absolute Gasteiger partial charge is 0.481 e. The minimum atomic E-state index is -0.745. The van der Waals surface area contributed by atoms with Crippen molar-refractivity contribution >= 4 is 16.9 Å². The zero-order valence-electron chi connectivity index (χ0n) is 13.8. The van der Waals surface area contributed by atoms with Crippen LogP contribution in [0.1, 0.15) is 30.0 Å². The number of rotatable bonds is 7. The second-order valence-corrected chi connectivity index (χ2v) is 6.20. The highest BCUT2D eigenvalue weighted by atomic mass is 16.5. The summed E-state index contributed by atoms with van der Waals surface area (Å²) in [7, 11) is 2.03. The third-order valence-electron chi connectivity index (χ3n) is 4.55. The van der Waals surface area contributed by atoms with Crippen molar-refractivity contribution in [2.75, 3.05) is 19.8 Å². The lowest BCUT2D eigenvalue weighted by Crippen LogP contribution is -2.21. The van der Waals surface area contributed by atoms with E-state index >= 15 is 0 Å². The van der Waals surface area contributed by atoms with E-state index in [2.05, 4.69) is 27.8 Å². The van der Waals surface area contributed by atoms with E-state index in [1.165, 1.54) is 22.0 Å². The molecule has 0 atom stereocenters. The first-order chi connectivity index (χ1) is 11.1. The van der Waals surface area contributed by atoms with Crippen LogP contribution in [0.25, 0.3) is 10.9 Å². The molecule has 3 rings (SSSR count). The lowest BCUT2D eigenvalue weighted by Gasteiger charge is -2.13. The number of hydrogen-bond acceptors (Lipinski definition) is 3. The first-order valence-corrected chi connectivity index (χ1v) is 8.20. The molecule has 0 amide bonds. The fourth-order valence-corrected chi connectivity index (χ4v) is 3.37. The van der Waals surface area contributed by atoms with Crippen LogP contribution >= 0.6 is 0 Å². The van der Waals surface area contributed by atoms with E-state index in [0.717, 1.165) is 38.4 Å². The summed E-state index contributed by atoms with van der Waals surface area (Å²) in [5.74, 6) is -0.745. The highest BCUT2D eigenvalue weighted by molar-refractivity contribution is 5.86. The van der Waals surface area contributed by atoms with Crippen LogP contribution in [0.3, 0.4) is 0 Å². The molecule has 0 spiro atoms. The van der Waals surface area contributed by atoms with Gasteiger partial charge in [-0.25, -0.2) is 0 Å². The van der Waals surface area contributed by atoms with Crippen molar-refractivity contribution in [3.05, 3.63) is 35.0 Å². The summed E-state index contributed by atoms with van der Waals surface area (Å²) in [6.45, 7) is 6.42. The highest BCUT2D eigenvalue weighted by Crippen LogP contribution is 2.30. The van der Waals surface area contributed by atoms with E-state index in [9.17, 15) is 4.79 Å². The molecule has 0 radical (unpaired) electrons. The SMILES string of the molecule is CCOCCN1Cc2cc3c(CCC(=O)O)cn(C)c3cc2C1. The number of aryl methyl sites for hydroxylation is 2. The Bertz CT molecular complexity index is 721. The van der Waals surface area contributed by atoms with Crippen molar-refractivity contribution in [3.8, 4) is 0 Å². The predicted molar refractivity (Wildman–Crippen MR) is 89.5 cm³/mol. The summed E-state index contributed by atoms with van der Waals surface area (Å²) in [5.41, 5.74) is 5.05. The molecule has 0 saturated carbocycles. The predicted octanol–water partition coefficient (Wildman–Crippen LogP) is 2.55. The third kappa shape index (κ3) is 3.41. The maximum atomic E-state index is 10.8. The molecule has 0 unspecified atom stereocenters. The number of benzene rings is 1. The van der Waals surface area contributed by atoms with Gasteiger partial charge in [-0.1, -0.05) is 0 Å². The Morgan fingerprint density at radius 3 is 2.74 bits per heavy atom. The lowest BCUT2D eigenvalue weighted by atomic mass is 10.0. The first-order valence-electron chi connectivity index (χ1n) is 8.20. The minimum Gasteiger partial charge on any atom is -0.481 e. The van der Waals surface area contributed by atoms with Crippen molar-refractivity contribution in [2.45, 2.75) is 32.9 Å². The Morgan fingerprint density at radius 2 is 2.04 bits per heavy atom. The summed E-state index contributed by atoms with van der Waals surface area (Å²) in [5, 5.41) is 10.1. The smallest absolute Gasteiger partial charge is 0.303 e. The van der Waals surface area contributed by atoms with E-state index in [1.807, 2.05) is 14.0 Å². The molecule has 1 aliphatic heterocycles. The van der Waals surface area contributed by atoms with E-state index in [1.54, 1.807) is 0 Å². The van der Waals surface area contributed by atoms with Gasteiger partial charge in [0.25, 0.3) is 0 Å². The average molecular weight is 316 g/mol. The first kappa shape index (κ1) is 16.0. The molecule has 0 bridgehead atoms. The second kappa shape index (κ2) is 6.72. The lowest BCUT2D eigenvalue weighted by molar-refractivity contribution is -0.136. The maximum Gasteiger partial charge on any atom is 0.303 e. The van der Waals surface area contributed by atoms with E-state index < -0.39 is 5.97 Å². The van der Waals surface area contributed by atoms with Crippen LogP contribution in [-0.4, -0.2) is 40.3 Å². The van der Waals surface area contributed by atoms with Gasteiger partial charge in [0.15, 0.2) is 0 Å². The molecule has 0 fully saturated rings. The zero-order chi connectivity index (χ0) is 16.4. The molecule has 1 aliphatic rings. The molecular formula is C18H24N2O3. The van der Waals surface area contributed by atoms with Crippen LogP contribution < -0.4 is 0 Å². The van der Waals surface area contributed by atoms with Crippen molar-refractivity contribution < 1.29 is 14.6 Å². The molecule has 0 aliphatic carbocycles. The number of hydrogen-bond donors (Lipinski definition) is 1. The number of aliphatic carboxylic acids is 1. The maximum absolute atomic E-state index is 10.8. The monoisotopic (exact) mass is 316 g/mol. The molecule has 5 heteroatoms. The molecule has 23 heavy (non-hydrogen) atoms. The number of aromatic nitrogens is 1. The van der Waals surface area contributed by atoms with Crippen LogP contribution in [0, 0.1) is 0 Å². The minimum absolute atomic E-state index is 0.177. The molecule has 1 aromatic carbocycles. The Balaban J connectivity index is 1.81. The fraction of sp³-hybridized carbons (Fsp3) is 0.500. The third-order valence-corrected chi connectivity index (χ3v) is 4.55. The van der Waals surface area contributed by atoms with E-state index in [4.69, 9.17) is 9.84 Å². The van der Waals surface area contributed by atoms with Gasteiger partial charge >= 0.3 is 5.97 Å². The van der Waals surface area contributed by atoms with E-state index in [0.29, 0.717) is 6.42 Å². The summed E-state index contributed by atoms with van der Waals surface area (Å²) >= 11 is 0. The van der Waals surface area contributed by atoms with E-state index in [-0.39, 0.29) is 6.42 Å². The quantitative estimate of drug-likeness (QED) is 0.798. The molecule has 2 aromatic rings. The van der Waals surface area contributed by atoms with Gasteiger partial charge < -0.3 is 14.4 Å². The molecule has 5 nitrogen and oxygen atoms in total. The summed E-state index contributed by atoms with van der Waals surface area (Å²) in [6, 6.07) is 4.51. The van der Waals surface area contributed by atoms with Gasteiger partial charge in [-0.15, -0.1) is 0 Å². The summed E-state index contributed by atoms with van der Waals surface area (Å²) in [4.78, 5) is 13.2. The van der Waals surface area contributed by atoms with Gasteiger partial charge in [0.1, 0.15) is 0 Å². The summed E-state index contributed by atoms with van der Waals surface area (Å²) in [6.07, 6.45) is 2.83. The van der Waals surface area contributed by atoms with Gasteiger partial charge in [-0.05, 0) is 42.2 Å². The van der Waals surface area contributed by atoms with Crippen LogP contribution in [0.4, 0.5) is 0 Å². The van der Waals surface area contributed by atoms with Gasteiger partial charge in [-0.3, -0.25) is 9.69 Å². The number of ether oxygens (including phenoxy) is 1. The van der Waals surface area contributed by atoms with Crippen molar-refractivity contribution in [2.24, 2.45) is 7.05 Å². The highest BCUT2D eigenvalue weighted by Gasteiger charge is 2.21. The summed E-state index contributed by atoms with van der Waals surface area (Å²) < 4.78 is 7.55. The zero-order valence-corrected chi connectivity index (χ0v) is 13.8. The molecule has 1 N–H and O–H groups in total. The molecular weight excluding hydrogens is 292 g/mol. The number of carbonyl (C=O) groups is 1. The van der Waals surface area contributed by atoms with Crippen LogP contribution in [0.2, 0.25) is 0 Å². The standard InChI is InChI=1S/C18H24N2O3/c1-3-23-7-6-20-11-14-8-16-13(4-5-18(21)22)10-19(2)17(16)9-15(14)12-20/h8-10H,3-7,11-12H2,1-2H3,(H,21,22). The van der Waals surface area contributed by atoms with Crippen molar-refractivity contribution in [3.63, 3.8) is 0 Å². The molecule has 2 heterocycles. The Hall–Kier alpha value is -1.85. The van der Waals surface area contributed by atoms with Gasteiger partial charge in [0.2, 0.25) is 0 Å². The van der Waals surface area contributed by atoms with Crippen LogP contribution in [0.15, 0.2) is 18.3 Å². The van der Waals surface area contributed by atoms with Gasteiger partial charge in [0, 0.05) is 56.8 Å². The fourth-order valence-electron chi connectivity index (χ4n) is 3.37. The van der Waals surface area contributed by atoms with Crippen LogP contribution in [-0.2, 0) is 36.1 Å².